The summed E-state index contributed by atoms with van der Waals surface area (Å²) in [6.45, 7) is 5.89. The lowest BCUT2D eigenvalue weighted by Crippen LogP contribution is -2.34. The number of hydrogen-bond donors (Lipinski definition) is 2. The van der Waals surface area contributed by atoms with E-state index in [1.165, 1.54) is 37.0 Å². The molecule has 1 aliphatic rings. The zero-order valence-corrected chi connectivity index (χ0v) is 13.8. The van der Waals surface area contributed by atoms with Crippen LogP contribution in [0.4, 0.5) is 10.9 Å². The Morgan fingerprint density at radius 2 is 1.90 bits per heavy atom. The molecule has 6 heteroatoms. The van der Waals surface area contributed by atoms with Crippen LogP contribution in [0.25, 0.3) is 0 Å². The number of thiazole rings is 1. The number of amides is 1. The molecule has 1 fully saturated rings. The summed E-state index contributed by atoms with van der Waals surface area (Å²) in [7, 11) is 0. The van der Waals surface area contributed by atoms with Gasteiger partial charge in [0.05, 0.1) is 0 Å². The van der Waals surface area contributed by atoms with Crippen LogP contribution in [0.15, 0.2) is 0 Å². The Balaban J connectivity index is 2.04. The number of hydrogen-bond acceptors (Lipinski definition) is 5. The van der Waals surface area contributed by atoms with Crippen molar-refractivity contribution in [1.29, 1.82) is 0 Å². The van der Waals surface area contributed by atoms with Crippen molar-refractivity contribution in [2.45, 2.75) is 58.4 Å². The summed E-state index contributed by atoms with van der Waals surface area (Å²) in [5.41, 5.74) is 5.94. The van der Waals surface area contributed by atoms with Crippen LogP contribution in [0, 0.1) is 0 Å². The first kappa shape index (κ1) is 16.1. The average Bonchev–Trinajstić information content (AvgIpc) is 2.69. The molecule has 0 atom stereocenters. The molecule has 5 nitrogen and oxygen atoms in total. The van der Waals surface area contributed by atoms with Gasteiger partial charge in [0.15, 0.2) is 5.13 Å². The number of carbonyl (C=O) groups excluding carboxylic acids is 1. The van der Waals surface area contributed by atoms with Gasteiger partial charge in [0.1, 0.15) is 10.7 Å². The number of anilines is 2. The predicted molar refractivity (Wildman–Crippen MR) is 89.0 cm³/mol. The predicted octanol–water partition coefficient (Wildman–Crippen LogP) is 3.02. The minimum absolute atomic E-state index is 0.0599. The number of nitrogens with zero attached hydrogens (tertiary/aromatic N) is 2. The van der Waals surface area contributed by atoms with E-state index >= 15 is 0 Å². The van der Waals surface area contributed by atoms with Crippen LogP contribution >= 0.6 is 11.3 Å². The van der Waals surface area contributed by atoms with Crippen molar-refractivity contribution < 1.29 is 4.79 Å². The summed E-state index contributed by atoms with van der Waals surface area (Å²) in [6, 6.07) is 0.290. The second-order valence-corrected chi connectivity index (χ2v) is 6.52. The fourth-order valence-corrected chi connectivity index (χ4v) is 3.80. The first-order chi connectivity index (χ1) is 10.2. The molecule has 2 rings (SSSR count). The van der Waals surface area contributed by atoms with E-state index in [1.54, 1.807) is 0 Å². The molecule has 1 amide bonds. The highest BCUT2D eigenvalue weighted by Crippen LogP contribution is 2.28. The second-order valence-electron chi connectivity index (χ2n) is 5.55. The second kappa shape index (κ2) is 7.64. The van der Waals surface area contributed by atoms with Crippen LogP contribution in [0.5, 0.6) is 0 Å². The van der Waals surface area contributed by atoms with Gasteiger partial charge in [-0.25, -0.2) is 4.98 Å². The Labute approximate surface area is 130 Å². The molecule has 0 bridgehead atoms. The fraction of sp³-hybridized carbons (Fsp3) is 0.733. The van der Waals surface area contributed by atoms with Crippen molar-refractivity contribution in [3.8, 4) is 0 Å². The van der Waals surface area contributed by atoms with Crippen molar-refractivity contribution in [3.63, 3.8) is 0 Å². The topological polar surface area (TPSA) is 71.2 Å². The Morgan fingerprint density at radius 1 is 1.29 bits per heavy atom. The maximum Gasteiger partial charge on any atom is 0.265 e. The summed E-state index contributed by atoms with van der Waals surface area (Å²) in [5, 5.41) is 3.97. The first-order valence-electron chi connectivity index (χ1n) is 7.97. The minimum Gasteiger partial charge on any atom is -0.382 e. The number of nitrogens with one attached hydrogen (secondary N) is 1. The van der Waals surface area contributed by atoms with Gasteiger partial charge in [0.25, 0.3) is 5.91 Å². The molecule has 0 radical (unpaired) electrons. The van der Waals surface area contributed by atoms with Crippen LogP contribution in [-0.4, -0.2) is 30.0 Å². The zero-order valence-electron chi connectivity index (χ0n) is 13.0. The summed E-state index contributed by atoms with van der Waals surface area (Å²) in [4.78, 5) is 19.4. The van der Waals surface area contributed by atoms with Crippen LogP contribution in [0.2, 0.25) is 0 Å². The third kappa shape index (κ3) is 4.09. The van der Waals surface area contributed by atoms with E-state index in [0.717, 1.165) is 31.1 Å². The van der Waals surface area contributed by atoms with Crippen molar-refractivity contribution in [1.82, 2.24) is 10.3 Å². The van der Waals surface area contributed by atoms with Gasteiger partial charge in [-0.15, -0.1) is 0 Å². The lowest BCUT2D eigenvalue weighted by atomic mass is 10.1. The molecule has 0 spiro atoms. The first-order valence-corrected chi connectivity index (χ1v) is 8.79. The van der Waals surface area contributed by atoms with Gasteiger partial charge in [-0.1, -0.05) is 37.0 Å². The van der Waals surface area contributed by atoms with Crippen LogP contribution in [0.3, 0.4) is 0 Å². The van der Waals surface area contributed by atoms with Crippen LogP contribution in [0.1, 0.15) is 62.0 Å². The van der Waals surface area contributed by atoms with Gasteiger partial charge >= 0.3 is 0 Å². The SMILES string of the molecule is CCN(CC)c1nc(N)c(C(=O)NC2CCCCCC2)s1. The fourth-order valence-electron chi connectivity index (χ4n) is 2.79. The molecule has 0 saturated heterocycles. The third-order valence-corrected chi connectivity index (χ3v) is 5.20. The molecule has 1 saturated carbocycles. The van der Waals surface area contributed by atoms with Crippen molar-refractivity contribution in [2.75, 3.05) is 23.7 Å². The molecule has 3 N–H and O–H groups in total. The van der Waals surface area contributed by atoms with E-state index in [-0.39, 0.29) is 5.91 Å². The highest BCUT2D eigenvalue weighted by Gasteiger charge is 2.21. The van der Waals surface area contributed by atoms with Gasteiger partial charge in [0, 0.05) is 19.1 Å². The van der Waals surface area contributed by atoms with E-state index in [0.29, 0.717) is 16.7 Å². The van der Waals surface area contributed by atoms with Gasteiger partial charge in [-0.2, -0.15) is 0 Å². The summed E-state index contributed by atoms with van der Waals surface area (Å²) >= 11 is 1.40. The molecule has 0 aromatic carbocycles. The van der Waals surface area contributed by atoms with Gasteiger partial charge in [0.2, 0.25) is 0 Å². The monoisotopic (exact) mass is 310 g/mol. The van der Waals surface area contributed by atoms with Gasteiger partial charge in [-0.05, 0) is 26.7 Å². The standard InChI is InChI=1S/C15H26N4OS/c1-3-19(4-2)15-18-13(16)12(21-15)14(20)17-11-9-7-5-6-8-10-11/h11H,3-10,16H2,1-2H3,(H,17,20). The lowest BCUT2D eigenvalue weighted by Gasteiger charge is -2.16. The number of rotatable bonds is 5. The zero-order chi connectivity index (χ0) is 15.2. The highest BCUT2D eigenvalue weighted by molar-refractivity contribution is 7.18. The maximum absolute atomic E-state index is 12.4. The summed E-state index contributed by atoms with van der Waals surface area (Å²) in [5.74, 6) is 0.295. The van der Waals surface area contributed by atoms with Crippen LogP contribution < -0.4 is 16.0 Å². The van der Waals surface area contributed by atoms with Crippen molar-refractivity contribution in [3.05, 3.63) is 4.88 Å². The average molecular weight is 310 g/mol. The molecule has 1 heterocycles. The summed E-state index contributed by atoms with van der Waals surface area (Å²) in [6.07, 6.45) is 7.12. The lowest BCUT2D eigenvalue weighted by molar-refractivity contribution is 0.0938. The normalized spacial score (nSPS) is 16.5. The summed E-state index contributed by atoms with van der Waals surface area (Å²) < 4.78 is 0. The van der Waals surface area contributed by atoms with E-state index in [2.05, 4.69) is 29.0 Å². The molecular formula is C15H26N4OS. The Kier molecular flexibility index (Phi) is 5.85. The molecule has 0 unspecified atom stereocenters. The Bertz CT molecular complexity index is 462. The molecular weight excluding hydrogens is 284 g/mol. The Morgan fingerprint density at radius 3 is 2.48 bits per heavy atom. The molecule has 1 aliphatic carbocycles. The number of aromatic nitrogens is 1. The highest BCUT2D eigenvalue weighted by atomic mass is 32.1. The van der Waals surface area contributed by atoms with E-state index in [9.17, 15) is 4.79 Å². The third-order valence-electron chi connectivity index (χ3n) is 4.07. The molecule has 1 aromatic rings. The Hall–Kier alpha value is -1.30. The molecule has 0 aliphatic heterocycles. The van der Waals surface area contributed by atoms with Crippen LogP contribution in [-0.2, 0) is 0 Å². The molecule has 1 aromatic heterocycles. The van der Waals surface area contributed by atoms with Crippen molar-refractivity contribution >= 4 is 28.2 Å². The van der Waals surface area contributed by atoms with E-state index in [1.807, 2.05) is 0 Å². The number of nitrogens with two attached hydrogens (primary N) is 1. The quantitative estimate of drug-likeness (QED) is 0.820. The largest absolute Gasteiger partial charge is 0.382 e. The smallest absolute Gasteiger partial charge is 0.265 e. The number of carbonyl (C=O) groups is 1. The minimum atomic E-state index is -0.0599. The van der Waals surface area contributed by atoms with Gasteiger partial charge in [-0.3, -0.25) is 4.79 Å². The molecule has 118 valence electrons. The van der Waals surface area contributed by atoms with Gasteiger partial charge < -0.3 is 16.0 Å². The van der Waals surface area contributed by atoms with E-state index in [4.69, 9.17) is 5.73 Å². The molecule has 21 heavy (non-hydrogen) atoms. The number of nitrogen functional groups attached to an aromatic ring is 1. The van der Waals surface area contributed by atoms with Crippen molar-refractivity contribution in [2.24, 2.45) is 0 Å². The maximum atomic E-state index is 12.4. The van der Waals surface area contributed by atoms with E-state index < -0.39 is 0 Å².